The average Bonchev–Trinajstić information content (AvgIpc) is 2.28. The van der Waals surface area contributed by atoms with Crippen molar-refractivity contribution in [1.29, 1.82) is 0 Å². The first-order valence-corrected chi connectivity index (χ1v) is 6.41. The van der Waals surface area contributed by atoms with Crippen LogP contribution in [0.1, 0.15) is 18.4 Å². The quantitative estimate of drug-likeness (QED) is 0.757. The number of benzene rings is 1. The molecule has 0 radical (unpaired) electrons. The molecule has 0 amide bonds. The minimum Gasteiger partial charge on any atom is -0.469 e. The molecule has 0 aliphatic carbocycles. The van der Waals surface area contributed by atoms with Crippen molar-refractivity contribution < 1.29 is 9.53 Å². The topological polar surface area (TPSA) is 29.5 Å². The van der Waals surface area contributed by atoms with Crippen LogP contribution in [0.2, 0.25) is 0 Å². The van der Waals surface area contributed by atoms with Crippen molar-refractivity contribution in [2.75, 3.05) is 20.7 Å². The fourth-order valence-corrected chi connectivity index (χ4v) is 2.07. The summed E-state index contributed by atoms with van der Waals surface area (Å²) in [5.41, 5.74) is 1.26. The maximum absolute atomic E-state index is 10.9. The van der Waals surface area contributed by atoms with Gasteiger partial charge in [0.05, 0.1) is 7.11 Å². The smallest absolute Gasteiger partial charge is 0.305 e. The summed E-state index contributed by atoms with van der Waals surface area (Å²) < 4.78 is 5.70. The Morgan fingerprint density at radius 3 is 2.88 bits per heavy atom. The number of rotatable bonds is 6. The van der Waals surface area contributed by atoms with E-state index in [1.807, 2.05) is 12.1 Å². The maximum Gasteiger partial charge on any atom is 0.305 e. The first kappa shape index (κ1) is 14.2. The summed E-state index contributed by atoms with van der Waals surface area (Å²) in [6.45, 7) is 1.78. The number of nitrogens with zero attached hydrogens (tertiary/aromatic N) is 1. The predicted molar refractivity (Wildman–Crippen MR) is 71.7 cm³/mol. The molecule has 0 aliphatic heterocycles. The number of carbonyl (C=O) groups is 1. The monoisotopic (exact) mass is 299 g/mol. The van der Waals surface area contributed by atoms with Gasteiger partial charge in [0.25, 0.3) is 0 Å². The number of hydrogen-bond acceptors (Lipinski definition) is 3. The Morgan fingerprint density at radius 2 is 2.24 bits per heavy atom. The summed E-state index contributed by atoms with van der Waals surface area (Å²) in [7, 11) is 3.48. The number of esters is 1. The second kappa shape index (κ2) is 7.45. The Kier molecular flexibility index (Phi) is 6.22. The average molecular weight is 300 g/mol. The van der Waals surface area contributed by atoms with Gasteiger partial charge in [0.15, 0.2) is 0 Å². The molecule has 0 heterocycles. The van der Waals surface area contributed by atoms with E-state index in [2.05, 4.69) is 44.7 Å². The van der Waals surface area contributed by atoms with Crippen LogP contribution in [0.3, 0.4) is 0 Å². The lowest BCUT2D eigenvalue weighted by Crippen LogP contribution is -2.20. The second-order valence-electron chi connectivity index (χ2n) is 4.05. The third kappa shape index (κ3) is 5.84. The van der Waals surface area contributed by atoms with Gasteiger partial charge in [-0.05, 0) is 37.7 Å². The van der Waals surface area contributed by atoms with Crippen LogP contribution in [0.5, 0.6) is 0 Å². The van der Waals surface area contributed by atoms with Crippen LogP contribution in [-0.2, 0) is 16.1 Å². The minimum atomic E-state index is -0.138. The van der Waals surface area contributed by atoms with Gasteiger partial charge in [-0.15, -0.1) is 0 Å². The van der Waals surface area contributed by atoms with E-state index in [0.29, 0.717) is 6.42 Å². The lowest BCUT2D eigenvalue weighted by molar-refractivity contribution is -0.140. The van der Waals surface area contributed by atoms with Gasteiger partial charge < -0.3 is 9.64 Å². The van der Waals surface area contributed by atoms with Gasteiger partial charge in [0.1, 0.15) is 0 Å². The van der Waals surface area contributed by atoms with Crippen molar-refractivity contribution in [3.8, 4) is 0 Å². The van der Waals surface area contributed by atoms with Crippen molar-refractivity contribution in [2.45, 2.75) is 19.4 Å². The zero-order valence-electron chi connectivity index (χ0n) is 10.3. The highest BCUT2D eigenvalue weighted by molar-refractivity contribution is 9.10. The third-order valence-corrected chi connectivity index (χ3v) is 2.98. The Hall–Kier alpha value is -0.870. The molecule has 0 spiro atoms. The predicted octanol–water partition coefficient (Wildman–Crippen LogP) is 2.83. The van der Waals surface area contributed by atoms with E-state index in [0.717, 1.165) is 24.0 Å². The zero-order valence-corrected chi connectivity index (χ0v) is 11.9. The Labute approximate surface area is 111 Å². The molecule has 0 fully saturated rings. The molecular formula is C13H18BrNO2. The number of methoxy groups -OCH3 is 1. The fourth-order valence-electron chi connectivity index (χ4n) is 1.62. The molecule has 0 atom stereocenters. The van der Waals surface area contributed by atoms with Gasteiger partial charge in [-0.25, -0.2) is 0 Å². The number of halogens is 1. The van der Waals surface area contributed by atoms with Crippen LogP contribution in [0.25, 0.3) is 0 Å². The Bertz CT molecular complexity index is 368. The van der Waals surface area contributed by atoms with Crippen molar-refractivity contribution in [1.82, 2.24) is 4.90 Å². The molecule has 1 aromatic rings. The van der Waals surface area contributed by atoms with E-state index in [4.69, 9.17) is 0 Å². The van der Waals surface area contributed by atoms with Gasteiger partial charge >= 0.3 is 5.97 Å². The Balaban J connectivity index is 2.29. The highest BCUT2D eigenvalue weighted by Gasteiger charge is 2.03. The molecule has 17 heavy (non-hydrogen) atoms. The molecule has 0 N–H and O–H groups in total. The molecular weight excluding hydrogens is 282 g/mol. The first-order chi connectivity index (χ1) is 8.11. The molecule has 0 bridgehead atoms. The summed E-state index contributed by atoms with van der Waals surface area (Å²) in [6, 6.07) is 8.25. The van der Waals surface area contributed by atoms with E-state index >= 15 is 0 Å². The second-order valence-corrected chi connectivity index (χ2v) is 4.96. The molecule has 0 aromatic heterocycles. The maximum atomic E-state index is 10.9. The summed E-state index contributed by atoms with van der Waals surface area (Å²) in [4.78, 5) is 13.1. The van der Waals surface area contributed by atoms with E-state index < -0.39 is 0 Å². The Morgan fingerprint density at radius 1 is 1.47 bits per heavy atom. The highest BCUT2D eigenvalue weighted by atomic mass is 79.9. The van der Waals surface area contributed by atoms with Gasteiger partial charge in [0.2, 0.25) is 0 Å². The SMILES string of the molecule is COC(=O)CCCN(C)Cc1cccc(Br)c1. The van der Waals surface area contributed by atoms with Crippen LogP contribution in [0.15, 0.2) is 28.7 Å². The van der Waals surface area contributed by atoms with Gasteiger partial charge in [-0.2, -0.15) is 0 Å². The molecule has 0 unspecified atom stereocenters. The standard InChI is InChI=1S/C13H18BrNO2/c1-15(8-4-7-13(16)17-2)10-11-5-3-6-12(14)9-11/h3,5-6,9H,4,7-8,10H2,1-2H3. The van der Waals surface area contributed by atoms with Crippen LogP contribution in [-0.4, -0.2) is 31.6 Å². The van der Waals surface area contributed by atoms with Crippen LogP contribution in [0.4, 0.5) is 0 Å². The molecule has 1 rings (SSSR count). The van der Waals surface area contributed by atoms with Crippen molar-refractivity contribution in [3.63, 3.8) is 0 Å². The number of ether oxygens (including phenoxy) is 1. The van der Waals surface area contributed by atoms with E-state index in [-0.39, 0.29) is 5.97 Å². The van der Waals surface area contributed by atoms with E-state index in [1.165, 1.54) is 12.7 Å². The molecule has 1 aromatic carbocycles. The molecule has 94 valence electrons. The largest absolute Gasteiger partial charge is 0.469 e. The summed E-state index contributed by atoms with van der Waals surface area (Å²) in [5.74, 6) is -0.138. The lowest BCUT2D eigenvalue weighted by atomic mass is 10.2. The van der Waals surface area contributed by atoms with Crippen LogP contribution >= 0.6 is 15.9 Å². The lowest BCUT2D eigenvalue weighted by Gasteiger charge is -2.16. The normalized spacial score (nSPS) is 10.6. The van der Waals surface area contributed by atoms with Crippen molar-refractivity contribution >= 4 is 21.9 Å². The molecule has 3 nitrogen and oxygen atoms in total. The molecule has 4 heteroatoms. The van der Waals surface area contributed by atoms with Crippen LogP contribution in [0, 0.1) is 0 Å². The van der Waals surface area contributed by atoms with Crippen LogP contribution < -0.4 is 0 Å². The molecule has 0 aliphatic rings. The molecule has 0 saturated heterocycles. The minimum absolute atomic E-state index is 0.138. The van der Waals surface area contributed by atoms with Crippen molar-refractivity contribution in [2.24, 2.45) is 0 Å². The zero-order chi connectivity index (χ0) is 12.7. The number of carbonyl (C=O) groups excluding carboxylic acids is 1. The summed E-state index contributed by atoms with van der Waals surface area (Å²) >= 11 is 3.45. The highest BCUT2D eigenvalue weighted by Crippen LogP contribution is 2.13. The summed E-state index contributed by atoms with van der Waals surface area (Å²) in [6.07, 6.45) is 1.32. The third-order valence-electron chi connectivity index (χ3n) is 2.49. The summed E-state index contributed by atoms with van der Waals surface area (Å²) in [5, 5.41) is 0. The first-order valence-electron chi connectivity index (χ1n) is 5.61. The van der Waals surface area contributed by atoms with Gasteiger partial charge in [-0.1, -0.05) is 28.1 Å². The van der Waals surface area contributed by atoms with E-state index in [9.17, 15) is 4.79 Å². The fraction of sp³-hybridized carbons (Fsp3) is 0.462. The van der Waals surface area contributed by atoms with Gasteiger partial charge in [-0.3, -0.25) is 4.79 Å². The molecule has 0 saturated carbocycles. The van der Waals surface area contributed by atoms with Crippen molar-refractivity contribution in [3.05, 3.63) is 34.3 Å². The van der Waals surface area contributed by atoms with Gasteiger partial charge in [0, 0.05) is 17.4 Å². The number of hydrogen-bond donors (Lipinski definition) is 0. The van der Waals surface area contributed by atoms with E-state index in [1.54, 1.807) is 0 Å².